The summed E-state index contributed by atoms with van der Waals surface area (Å²) in [5.41, 5.74) is 0.0287. The van der Waals surface area contributed by atoms with Gasteiger partial charge in [-0.15, -0.1) is 12.4 Å². The lowest BCUT2D eigenvalue weighted by atomic mass is 10.2. The van der Waals surface area contributed by atoms with Gasteiger partial charge in [-0.1, -0.05) is 19.1 Å². The van der Waals surface area contributed by atoms with Crippen molar-refractivity contribution in [3.05, 3.63) is 29.8 Å². The molecule has 2 N–H and O–H groups in total. The zero-order valence-corrected chi connectivity index (χ0v) is 13.0. The van der Waals surface area contributed by atoms with Gasteiger partial charge in [-0.25, -0.2) is 17.9 Å². The van der Waals surface area contributed by atoms with E-state index in [1.165, 1.54) is 19.2 Å². The first-order valence-electron chi connectivity index (χ1n) is 5.90. The maximum atomic E-state index is 12.1. The van der Waals surface area contributed by atoms with E-state index < -0.39 is 16.0 Å². The van der Waals surface area contributed by atoms with Crippen molar-refractivity contribution in [3.8, 4) is 0 Å². The number of carbonyl (C=O) groups excluding carboxylic acids is 1. The van der Waals surface area contributed by atoms with Gasteiger partial charge in [-0.3, -0.25) is 0 Å². The van der Waals surface area contributed by atoms with E-state index >= 15 is 0 Å². The fourth-order valence-corrected chi connectivity index (χ4v) is 2.73. The zero-order chi connectivity index (χ0) is 14.3. The molecular formula is C12H19ClN2O4S. The van der Waals surface area contributed by atoms with Crippen LogP contribution in [-0.2, 0) is 14.8 Å². The van der Waals surface area contributed by atoms with Crippen molar-refractivity contribution in [2.45, 2.75) is 11.8 Å². The molecular weight excluding hydrogens is 304 g/mol. The van der Waals surface area contributed by atoms with Gasteiger partial charge in [0.1, 0.15) is 0 Å². The number of halogens is 1. The maximum absolute atomic E-state index is 12.1. The van der Waals surface area contributed by atoms with Gasteiger partial charge in [0.2, 0.25) is 10.0 Å². The Kier molecular flexibility index (Phi) is 8.40. The van der Waals surface area contributed by atoms with Crippen molar-refractivity contribution >= 4 is 28.4 Å². The molecule has 1 rings (SSSR count). The van der Waals surface area contributed by atoms with E-state index in [4.69, 9.17) is 0 Å². The highest BCUT2D eigenvalue weighted by Gasteiger charge is 2.21. The molecule has 20 heavy (non-hydrogen) atoms. The first kappa shape index (κ1) is 18.9. The van der Waals surface area contributed by atoms with E-state index in [9.17, 15) is 13.2 Å². The van der Waals surface area contributed by atoms with Gasteiger partial charge in [0.25, 0.3) is 0 Å². The van der Waals surface area contributed by atoms with E-state index in [0.717, 1.165) is 6.54 Å². The third kappa shape index (κ3) is 5.09. The monoisotopic (exact) mass is 322 g/mol. The van der Waals surface area contributed by atoms with Crippen molar-refractivity contribution in [1.29, 1.82) is 0 Å². The van der Waals surface area contributed by atoms with Gasteiger partial charge < -0.3 is 10.1 Å². The van der Waals surface area contributed by atoms with Gasteiger partial charge in [0, 0.05) is 13.1 Å². The number of esters is 1. The fraction of sp³-hybridized carbons (Fsp3) is 0.417. The lowest BCUT2D eigenvalue weighted by Crippen LogP contribution is -2.32. The molecule has 1 aromatic rings. The molecule has 114 valence electrons. The maximum Gasteiger partial charge on any atom is 0.339 e. The zero-order valence-electron chi connectivity index (χ0n) is 11.4. The minimum absolute atomic E-state index is 0. The topological polar surface area (TPSA) is 84.5 Å². The van der Waals surface area contributed by atoms with Crippen LogP contribution in [0, 0.1) is 0 Å². The summed E-state index contributed by atoms with van der Waals surface area (Å²) in [5.74, 6) is -0.673. The Morgan fingerprint density at radius 3 is 2.50 bits per heavy atom. The summed E-state index contributed by atoms with van der Waals surface area (Å²) in [7, 11) is -2.50. The minimum atomic E-state index is -3.72. The number of rotatable bonds is 7. The second-order valence-electron chi connectivity index (χ2n) is 3.74. The molecule has 0 amide bonds. The summed E-state index contributed by atoms with van der Waals surface area (Å²) in [5, 5.41) is 3.00. The molecule has 0 aromatic heterocycles. The van der Waals surface area contributed by atoms with Crippen LogP contribution in [0.25, 0.3) is 0 Å². The molecule has 6 nitrogen and oxygen atoms in total. The number of hydrogen-bond acceptors (Lipinski definition) is 5. The van der Waals surface area contributed by atoms with Crippen LogP contribution in [-0.4, -0.2) is 41.1 Å². The highest BCUT2D eigenvalue weighted by atomic mass is 35.5. The highest BCUT2D eigenvalue weighted by Crippen LogP contribution is 2.15. The predicted molar refractivity (Wildman–Crippen MR) is 78.8 cm³/mol. The molecule has 0 heterocycles. The average molecular weight is 323 g/mol. The van der Waals surface area contributed by atoms with Gasteiger partial charge in [0.05, 0.1) is 17.6 Å². The van der Waals surface area contributed by atoms with E-state index in [0.29, 0.717) is 6.54 Å². The molecule has 8 heteroatoms. The quantitative estimate of drug-likeness (QED) is 0.572. The molecule has 0 saturated carbocycles. The van der Waals surface area contributed by atoms with E-state index in [-0.39, 0.29) is 29.4 Å². The first-order chi connectivity index (χ1) is 9.03. The molecule has 0 bridgehead atoms. The Balaban J connectivity index is 0.00000361. The van der Waals surface area contributed by atoms with Crippen LogP contribution in [0.1, 0.15) is 17.3 Å². The van der Waals surface area contributed by atoms with Gasteiger partial charge >= 0.3 is 5.97 Å². The minimum Gasteiger partial charge on any atom is -0.465 e. The van der Waals surface area contributed by atoms with Gasteiger partial charge in [-0.05, 0) is 18.7 Å². The third-order valence-corrected chi connectivity index (χ3v) is 3.94. The first-order valence-corrected chi connectivity index (χ1v) is 7.39. The number of ether oxygens (including phenoxy) is 1. The molecule has 0 unspecified atom stereocenters. The van der Waals surface area contributed by atoms with Gasteiger partial charge in [0.15, 0.2) is 0 Å². The van der Waals surface area contributed by atoms with Crippen molar-refractivity contribution in [2.24, 2.45) is 0 Å². The molecule has 0 fully saturated rings. The number of sulfonamides is 1. The lowest BCUT2D eigenvalue weighted by Gasteiger charge is -2.10. The Bertz CT molecular complexity index is 534. The summed E-state index contributed by atoms with van der Waals surface area (Å²) >= 11 is 0. The van der Waals surface area contributed by atoms with Crippen LogP contribution in [0.5, 0.6) is 0 Å². The Labute approximate surface area is 125 Å². The Morgan fingerprint density at radius 1 is 1.25 bits per heavy atom. The number of carbonyl (C=O) groups is 1. The second kappa shape index (κ2) is 8.91. The standard InChI is InChI=1S/C12H18N2O4S.ClH/c1-3-13-8-9-14-19(16,17)11-7-5-4-6-10(11)12(15)18-2;/h4-7,13-14H,3,8-9H2,1-2H3;1H. The van der Waals surface area contributed by atoms with E-state index in [1.54, 1.807) is 12.1 Å². The van der Waals surface area contributed by atoms with Crippen molar-refractivity contribution in [2.75, 3.05) is 26.7 Å². The van der Waals surface area contributed by atoms with Crippen LogP contribution in [0.2, 0.25) is 0 Å². The summed E-state index contributed by atoms with van der Waals surface area (Å²) in [6.07, 6.45) is 0. The van der Waals surface area contributed by atoms with Crippen LogP contribution in [0.3, 0.4) is 0 Å². The molecule has 0 spiro atoms. The summed E-state index contributed by atoms with van der Waals surface area (Å²) in [6.45, 7) is 3.48. The number of likely N-dealkylation sites (N-methyl/N-ethyl adjacent to an activating group) is 1. The largest absolute Gasteiger partial charge is 0.465 e. The molecule has 0 aliphatic heterocycles. The van der Waals surface area contributed by atoms with Crippen LogP contribution >= 0.6 is 12.4 Å². The van der Waals surface area contributed by atoms with Crippen LogP contribution < -0.4 is 10.0 Å². The fourth-order valence-electron chi connectivity index (χ4n) is 1.51. The highest BCUT2D eigenvalue weighted by molar-refractivity contribution is 7.89. The molecule has 1 aromatic carbocycles. The predicted octanol–water partition coefficient (Wildman–Crippen LogP) is 0.783. The number of methoxy groups -OCH3 is 1. The van der Waals surface area contributed by atoms with Crippen molar-refractivity contribution in [3.63, 3.8) is 0 Å². The Morgan fingerprint density at radius 2 is 1.90 bits per heavy atom. The smallest absolute Gasteiger partial charge is 0.339 e. The number of nitrogens with one attached hydrogen (secondary N) is 2. The SMILES string of the molecule is CCNCCNS(=O)(=O)c1ccccc1C(=O)OC.Cl. The van der Waals surface area contributed by atoms with Gasteiger partial charge in [-0.2, -0.15) is 0 Å². The molecule has 0 saturated heterocycles. The van der Waals surface area contributed by atoms with Crippen molar-refractivity contribution < 1.29 is 17.9 Å². The summed E-state index contributed by atoms with van der Waals surface area (Å²) in [4.78, 5) is 11.5. The average Bonchev–Trinajstić information content (AvgIpc) is 2.43. The molecule has 0 atom stereocenters. The Hall–Kier alpha value is -1.15. The lowest BCUT2D eigenvalue weighted by molar-refractivity contribution is 0.0596. The summed E-state index contributed by atoms with van der Waals surface area (Å²) < 4.78 is 31.2. The molecule has 0 aliphatic carbocycles. The number of hydrogen-bond donors (Lipinski definition) is 2. The normalized spacial score (nSPS) is 10.7. The molecule has 0 radical (unpaired) electrons. The second-order valence-corrected chi connectivity index (χ2v) is 5.47. The molecule has 0 aliphatic rings. The van der Waals surface area contributed by atoms with E-state index in [2.05, 4.69) is 14.8 Å². The van der Waals surface area contributed by atoms with E-state index in [1.807, 2.05) is 6.92 Å². The van der Waals surface area contributed by atoms with Crippen LogP contribution in [0.4, 0.5) is 0 Å². The third-order valence-electron chi connectivity index (χ3n) is 2.43. The van der Waals surface area contributed by atoms with Crippen molar-refractivity contribution in [1.82, 2.24) is 10.0 Å². The summed E-state index contributed by atoms with van der Waals surface area (Å²) in [6, 6.07) is 5.95. The van der Waals surface area contributed by atoms with Crippen LogP contribution in [0.15, 0.2) is 29.2 Å². The number of benzene rings is 1.